The molecule has 1 fully saturated rings. The second kappa shape index (κ2) is 5.63. The van der Waals surface area contributed by atoms with Gasteiger partial charge < -0.3 is 5.73 Å². The van der Waals surface area contributed by atoms with Crippen LogP contribution in [0.1, 0.15) is 50.5 Å². The van der Waals surface area contributed by atoms with Crippen LogP contribution in [0.4, 0.5) is 4.39 Å². The van der Waals surface area contributed by atoms with Gasteiger partial charge in [-0.2, -0.15) is 0 Å². The molecule has 0 saturated heterocycles. The van der Waals surface area contributed by atoms with Gasteiger partial charge in [0.2, 0.25) is 0 Å². The molecule has 0 radical (unpaired) electrons. The van der Waals surface area contributed by atoms with E-state index in [0.717, 1.165) is 24.3 Å². The van der Waals surface area contributed by atoms with Gasteiger partial charge in [-0.3, -0.25) is 0 Å². The van der Waals surface area contributed by atoms with Crippen molar-refractivity contribution in [3.63, 3.8) is 0 Å². The topological polar surface area (TPSA) is 26.0 Å². The Balaban J connectivity index is 2.15. The van der Waals surface area contributed by atoms with Crippen LogP contribution in [0, 0.1) is 11.7 Å². The van der Waals surface area contributed by atoms with Crippen molar-refractivity contribution in [2.75, 3.05) is 0 Å². The molecular weight excluding hydrogens is 213 g/mol. The highest BCUT2D eigenvalue weighted by molar-refractivity contribution is 5.24. The van der Waals surface area contributed by atoms with Gasteiger partial charge >= 0.3 is 0 Å². The van der Waals surface area contributed by atoms with Crippen LogP contribution in [-0.4, -0.2) is 6.04 Å². The zero-order chi connectivity index (χ0) is 12.3. The maximum atomic E-state index is 13.8. The largest absolute Gasteiger partial charge is 0.327 e. The van der Waals surface area contributed by atoms with E-state index in [1.807, 2.05) is 12.1 Å². The molecule has 0 spiro atoms. The summed E-state index contributed by atoms with van der Waals surface area (Å²) in [5.41, 5.74) is 6.99. The molecule has 17 heavy (non-hydrogen) atoms. The SMILES string of the molecule is CCCC1CCC(N)C(c2ccccc2F)C1. The minimum atomic E-state index is -0.0925. The molecule has 1 aromatic carbocycles. The lowest BCUT2D eigenvalue weighted by Crippen LogP contribution is -2.35. The van der Waals surface area contributed by atoms with Gasteiger partial charge in [0.25, 0.3) is 0 Å². The van der Waals surface area contributed by atoms with E-state index in [-0.39, 0.29) is 17.8 Å². The summed E-state index contributed by atoms with van der Waals surface area (Å²) in [4.78, 5) is 0. The summed E-state index contributed by atoms with van der Waals surface area (Å²) in [5.74, 6) is 0.844. The Bertz CT molecular complexity index is 364. The second-order valence-corrected chi connectivity index (χ2v) is 5.26. The summed E-state index contributed by atoms with van der Waals surface area (Å²) in [6.45, 7) is 2.21. The van der Waals surface area contributed by atoms with E-state index in [9.17, 15) is 4.39 Å². The Morgan fingerprint density at radius 2 is 2.06 bits per heavy atom. The molecule has 0 heterocycles. The van der Waals surface area contributed by atoms with Crippen molar-refractivity contribution >= 4 is 0 Å². The van der Waals surface area contributed by atoms with Crippen LogP contribution in [0.3, 0.4) is 0 Å². The predicted molar refractivity (Wildman–Crippen MR) is 69.4 cm³/mol. The van der Waals surface area contributed by atoms with Gasteiger partial charge in [-0.05, 0) is 36.8 Å². The third-order valence-corrected chi connectivity index (χ3v) is 4.01. The van der Waals surface area contributed by atoms with Gasteiger partial charge in [0.05, 0.1) is 0 Å². The van der Waals surface area contributed by atoms with Gasteiger partial charge in [-0.25, -0.2) is 4.39 Å². The lowest BCUT2D eigenvalue weighted by Gasteiger charge is -2.34. The van der Waals surface area contributed by atoms with E-state index >= 15 is 0 Å². The van der Waals surface area contributed by atoms with Crippen molar-refractivity contribution in [3.8, 4) is 0 Å². The average Bonchev–Trinajstić information content (AvgIpc) is 2.33. The third kappa shape index (κ3) is 2.86. The number of hydrogen-bond donors (Lipinski definition) is 1. The van der Waals surface area contributed by atoms with E-state index in [4.69, 9.17) is 5.73 Å². The molecule has 3 unspecified atom stereocenters. The molecule has 2 heteroatoms. The standard InChI is InChI=1S/C15H22FN/c1-2-5-11-8-9-15(17)13(10-11)12-6-3-4-7-14(12)16/h3-4,6-7,11,13,15H,2,5,8-10,17H2,1H3. The highest BCUT2D eigenvalue weighted by Crippen LogP contribution is 2.38. The number of rotatable bonds is 3. The molecule has 3 atom stereocenters. The van der Waals surface area contributed by atoms with Gasteiger partial charge in [-0.15, -0.1) is 0 Å². The minimum Gasteiger partial charge on any atom is -0.327 e. The van der Waals surface area contributed by atoms with Crippen molar-refractivity contribution in [2.24, 2.45) is 11.7 Å². The molecule has 1 aliphatic carbocycles. The molecule has 1 aliphatic rings. The maximum absolute atomic E-state index is 13.8. The van der Waals surface area contributed by atoms with E-state index < -0.39 is 0 Å². The molecule has 0 bridgehead atoms. The number of halogens is 1. The Labute approximate surface area is 103 Å². The summed E-state index contributed by atoms with van der Waals surface area (Å²) in [6.07, 6.45) is 5.75. The lowest BCUT2D eigenvalue weighted by atomic mass is 9.73. The first-order valence-electron chi connectivity index (χ1n) is 6.72. The van der Waals surface area contributed by atoms with Crippen LogP contribution >= 0.6 is 0 Å². The van der Waals surface area contributed by atoms with E-state index in [2.05, 4.69) is 6.92 Å². The second-order valence-electron chi connectivity index (χ2n) is 5.26. The van der Waals surface area contributed by atoms with E-state index in [1.54, 1.807) is 12.1 Å². The molecule has 1 saturated carbocycles. The summed E-state index contributed by atoms with van der Waals surface area (Å²) < 4.78 is 13.8. The van der Waals surface area contributed by atoms with Crippen LogP contribution in [0.25, 0.3) is 0 Å². The third-order valence-electron chi connectivity index (χ3n) is 4.01. The normalized spacial score (nSPS) is 29.2. The molecule has 1 aromatic rings. The molecule has 0 aliphatic heterocycles. The predicted octanol–water partition coefficient (Wildman–Crippen LogP) is 3.84. The Morgan fingerprint density at radius 3 is 2.76 bits per heavy atom. The summed E-state index contributed by atoms with van der Waals surface area (Å²) in [6, 6.07) is 7.23. The Morgan fingerprint density at radius 1 is 1.29 bits per heavy atom. The molecule has 94 valence electrons. The fourth-order valence-electron chi connectivity index (χ4n) is 3.08. The van der Waals surface area contributed by atoms with Crippen LogP contribution in [0.15, 0.2) is 24.3 Å². The van der Waals surface area contributed by atoms with E-state index in [1.165, 1.54) is 19.3 Å². The maximum Gasteiger partial charge on any atom is 0.126 e. The van der Waals surface area contributed by atoms with Gasteiger partial charge in [-0.1, -0.05) is 38.0 Å². The highest BCUT2D eigenvalue weighted by atomic mass is 19.1. The van der Waals surface area contributed by atoms with E-state index in [0.29, 0.717) is 0 Å². The summed E-state index contributed by atoms with van der Waals surface area (Å²) in [7, 11) is 0. The van der Waals surface area contributed by atoms with Crippen LogP contribution < -0.4 is 5.73 Å². The van der Waals surface area contributed by atoms with Gasteiger partial charge in [0.1, 0.15) is 5.82 Å². The minimum absolute atomic E-state index is 0.0925. The van der Waals surface area contributed by atoms with Crippen molar-refractivity contribution in [1.82, 2.24) is 0 Å². The molecule has 0 amide bonds. The molecule has 2 rings (SSSR count). The highest BCUT2D eigenvalue weighted by Gasteiger charge is 2.30. The quantitative estimate of drug-likeness (QED) is 0.846. The molecular formula is C15H22FN. The Kier molecular flexibility index (Phi) is 4.16. The summed E-state index contributed by atoms with van der Waals surface area (Å²) in [5, 5.41) is 0. The van der Waals surface area contributed by atoms with Crippen molar-refractivity contribution < 1.29 is 4.39 Å². The van der Waals surface area contributed by atoms with Crippen LogP contribution in [0.2, 0.25) is 0 Å². The zero-order valence-corrected chi connectivity index (χ0v) is 10.5. The first-order chi connectivity index (χ1) is 8.22. The van der Waals surface area contributed by atoms with Gasteiger partial charge in [0, 0.05) is 12.0 Å². The Hall–Kier alpha value is -0.890. The van der Waals surface area contributed by atoms with Gasteiger partial charge in [0.15, 0.2) is 0 Å². The fraction of sp³-hybridized carbons (Fsp3) is 0.600. The van der Waals surface area contributed by atoms with Crippen molar-refractivity contribution in [2.45, 2.75) is 51.0 Å². The molecule has 1 nitrogen and oxygen atoms in total. The zero-order valence-electron chi connectivity index (χ0n) is 10.5. The molecule has 2 N–H and O–H groups in total. The number of nitrogens with two attached hydrogens (primary N) is 1. The smallest absolute Gasteiger partial charge is 0.126 e. The molecule has 0 aromatic heterocycles. The fourth-order valence-corrected chi connectivity index (χ4v) is 3.08. The van der Waals surface area contributed by atoms with Crippen molar-refractivity contribution in [1.29, 1.82) is 0 Å². The first kappa shape index (κ1) is 12.6. The summed E-state index contributed by atoms with van der Waals surface area (Å²) >= 11 is 0. The number of benzene rings is 1. The lowest BCUT2D eigenvalue weighted by molar-refractivity contribution is 0.270. The average molecular weight is 235 g/mol. The monoisotopic (exact) mass is 235 g/mol. The number of hydrogen-bond acceptors (Lipinski definition) is 1. The van der Waals surface area contributed by atoms with Crippen LogP contribution in [-0.2, 0) is 0 Å². The first-order valence-corrected chi connectivity index (χ1v) is 6.72. The van der Waals surface area contributed by atoms with Crippen molar-refractivity contribution in [3.05, 3.63) is 35.6 Å². The van der Waals surface area contributed by atoms with Crippen LogP contribution in [0.5, 0.6) is 0 Å².